The lowest BCUT2D eigenvalue weighted by Crippen LogP contribution is -2.05. The number of aromatic carboxylic acids is 1. The highest BCUT2D eigenvalue weighted by Gasteiger charge is 2.30. The Bertz CT molecular complexity index is 615. The highest BCUT2D eigenvalue weighted by Crippen LogP contribution is 2.29. The van der Waals surface area contributed by atoms with Gasteiger partial charge in [0.05, 0.1) is 5.56 Å². The fourth-order valence-corrected chi connectivity index (χ4v) is 1.65. The van der Waals surface area contributed by atoms with E-state index < -0.39 is 17.7 Å². The van der Waals surface area contributed by atoms with Crippen LogP contribution in [-0.4, -0.2) is 20.6 Å². The average Bonchev–Trinajstić information content (AvgIpc) is 2.70. The molecule has 0 atom stereocenters. The van der Waals surface area contributed by atoms with Gasteiger partial charge in [0, 0.05) is 11.9 Å². The minimum atomic E-state index is -4.39. The van der Waals surface area contributed by atoms with Crippen molar-refractivity contribution in [2.45, 2.75) is 13.1 Å². The van der Waals surface area contributed by atoms with Crippen LogP contribution in [0, 0.1) is 6.92 Å². The maximum atomic E-state index is 12.4. The summed E-state index contributed by atoms with van der Waals surface area (Å²) < 4.78 is 38.7. The molecule has 0 unspecified atom stereocenters. The van der Waals surface area contributed by atoms with Crippen LogP contribution in [0.4, 0.5) is 13.2 Å². The molecule has 0 spiro atoms. The van der Waals surface area contributed by atoms with Crippen molar-refractivity contribution in [1.29, 1.82) is 0 Å². The first-order chi connectivity index (χ1) is 8.79. The van der Waals surface area contributed by atoms with Crippen molar-refractivity contribution < 1.29 is 23.1 Å². The number of benzene rings is 1. The summed E-state index contributed by atoms with van der Waals surface area (Å²) in [4.78, 5) is 14.6. The van der Waals surface area contributed by atoms with Gasteiger partial charge in [0.15, 0.2) is 5.69 Å². The van der Waals surface area contributed by atoms with Crippen molar-refractivity contribution >= 4 is 5.97 Å². The molecule has 2 rings (SSSR count). The average molecular weight is 270 g/mol. The zero-order chi connectivity index (χ0) is 14.2. The number of nitrogens with zero attached hydrogens (tertiary/aromatic N) is 2. The third-order valence-electron chi connectivity index (χ3n) is 2.57. The molecule has 100 valence electrons. The summed E-state index contributed by atoms with van der Waals surface area (Å²) >= 11 is 0. The van der Waals surface area contributed by atoms with E-state index in [4.69, 9.17) is 5.11 Å². The van der Waals surface area contributed by atoms with Gasteiger partial charge in [-0.3, -0.25) is 0 Å². The maximum Gasteiger partial charge on any atom is 0.416 e. The van der Waals surface area contributed by atoms with E-state index in [1.165, 1.54) is 22.9 Å². The number of rotatable bonds is 2. The Balaban J connectivity index is 2.40. The Hall–Kier alpha value is -2.31. The number of carbonyl (C=O) groups is 1. The fourth-order valence-electron chi connectivity index (χ4n) is 1.65. The number of aromatic nitrogens is 2. The minimum absolute atomic E-state index is 0.155. The van der Waals surface area contributed by atoms with Crippen molar-refractivity contribution in [2.24, 2.45) is 0 Å². The van der Waals surface area contributed by atoms with Gasteiger partial charge in [0.25, 0.3) is 0 Å². The molecule has 1 aromatic heterocycles. The van der Waals surface area contributed by atoms with Gasteiger partial charge in [-0.2, -0.15) is 13.2 Å². The van der Waals surface area contributed by atoms with Crippen LogP contribution in [0.3, 0.4) is 0 Å². The molecule has 0 aliphatic carbocycles. The van der Waals surface area contributed by atoms with Gasteiger partial charge in [-0.05, 0) is 31.2 Å². The van der Waals surface area contributed by atoms with E-state index in [0.29, 0.717) is 11.5 Å². The number of imidazole rings is 1. The molecule has 0 amide bonds. The molecule has 19 heavy (non-hydrogen) atoms. The number of halogens is 3. The summed E-state index contributed by atoms with van der Waals surface area (Å²) in [7, 11) is 0. The van der Waals surface area contributed by atoms with E-state index in [9.17, 15) is 18.0 Å². The van der Waals surface area contributed by atoms with Crippen molar-refractivity contribution in [3.63, 3.8) is 0 Å². The first-order valence-corrected chi connectivity index (χ1v) is 5.26. The van der Waals surface area contributed by atoms with E-state index in [1.54, 1.807) is 6.92 Å². The number of alkyl halides is 3. The smallest absolute Gasteiger partial charge is 0.416 e. The molecule has 0 aliphatic rings. The van der Waals surface area contributed by atoms with Gasteiger partial charge in [0.1, 0.15) is 5.82 Å². The molecular formula is C12H9F3N2O2. The first-order valence-electron chi connectivity index (χ1n) is 5.26. The molecule has 1 aromatic carbocycles. The van der Waals surface area contributed by atoms with E-state index in [2.05, 4.69) is 4.98 Å². The minimum Gasteiger partial charge on any atom is -0.476 e. The Kier molecular flexibility index (Phi) is 3.05. The fraction of sp³-hybridized carbons (Fsp3) is 0.167. The molecule has 2 aromatic rings. The van der Waals surface area contributed by atoms with Crippen molar-refractivity contribution in [1.82, 2.24) is 9.55 Å². The summed E-state index contributed by atoms with van der Waals surface area (Å²) in [6.45, 7) is 1.57. The Morgan fingerprint density at radius 3 is 2.26 bits per heavy atom. The van der Waals surface area contributed by atoms with Crippen molar-refractivity contribution in [3.8, 4) is 5.69 Å². The number of hydrogen-bond donors (Lipinski definition) is 1. The van der Waals surface area contributed by atoms with Gasteiger partial charge in [-0.15, -0.1) is 0 Å². The zero-order valence-electron chi connectivity index (χ0n) is 9.77. The lowest BCUT2D eigenvalue weighted by atomic mass is 10.2. The van der Waals surface area contributed by atoms with Crippen molar-refractivity contribution in [3.05, 3.63) is 47.5 Å². The van der Waals surface area contributed by atoms with Gasteiger partial charge >= 0.3 is 12.1 Å². The second-order valence-electron chi connectivity index (χ2n) is 3.89. The molecule has 0 aliphatic heterocycles. The number of carboxylic acid groups (broad SMARTS) is 1. The Morgan fingerprint density at radius 1 is 1.26 bits per heavy atom. The second-order valence-corrected chi connectivity index (χ2v) is 3.89. The summed E-state index contributed by atoms with van der Waals surface area (Å²) in [5, 5.41) is 8.80. The van der Waals surface area contributed by atoms with Crippen LogP contribution in [0.25, 0.3) is 5.69 Å². The van der Waals surface area contributed by atoms with Crippen LogP contribution in [0.1, 0.15) is 21.9 Å². The predicted octanol–water partition coefficient (Wildman–Crippen LogP) is 2.90. The molecule has 0 fully saturated rings. The molecular weight excluding hydrogens is 261 g/mol. The van der Waals surface area contributed by atoms with Gasteiger partial charge in [-0.1, -0.05) is 0 Å². The second kappa shape index (κ2) is 4.42. The lowest BCUT2D eigenvalue weighted by Gasteiger charge is -2.08. The van der Waals surface area contributed by atoms with Crippen LogP contribution in [0.15, 0.2) is 30.5 Å². The molecule has 1 heterocycles. The molecule has 7 heteroatoms. The summed E-state index contributed by atoms with van der Waals surface area (Å²) in [6.07, 6.45) is -3.13. The largest absolute Gasteiger partial charge is 0.476 e. The third kappa shape index (κ3) is 2.59. The first kappa shape index (κ1) is 13.1. The van der Waals surface area contributed by atoms with Gasteiger partial charge in [0.2, 0.25) is 0 Å². The normalized spacial score (nSPS) is 11.6. The maximum absolute atomic E-state index is 12.4. The number of aryl methyl sites for hydroxylation is 1. The SMILES string of the molecule is Cc1nc(C(=O)O)cn1-c1ccc(C(F)(F)F)cc1. The number of hydrogen-bond acceptors (Lipinski definition) is 2. The molecule has 0 radical (unpaired) electrons. The standard InChI is InChI=1S/C12H9F3N2O2/c1-7-16-10(11(18)19)6-17(7)9-4-2-8(3-5-9)12(13,14)15/h2-6H,1H3,(H,18,19). The summed E-state index contributed by atoms with van der Waals surface area (Å²) in [5.74, 6) is -0.800. The van der Waals surface area contributed by atoms with Crippen LogP contribution < -0.4 is 0 Å². The van der Waals surface area contributed by atoms with E-state index in [0.717, 1.165) is 12.1 Å². The van der Waals surface area contributed by atoms with Crippen LogP contribution >= 0.6 is 0 Å². The highest BCUT2D eigenvalue weighted by atomic mass is 19.4. The summed E-state index contributed by atoms with van der Waals surface area (Å²) in [5.41, 5.74) is -0.490. The number of carboxylic acids is 1. The van der Waals surface area contributed by atoms with Crippen LogP contribution in [0.5, 0.6) is 0 Å². The molecule has 0 saturated heterocycles. The van der Waals surface area contributed by atoms with Gasteiger partial charge < -0.3 is 9.67 Å². The van der Waals surface area contributed by atoms with E-state index in [1.807, 2.05) is 0 Å². The molecule has 4 nitrogen and oxygen atoms in total. The predicted molar refractivity (Wildman–Crippen MR) is 60.3 cm³/mol. The van der Waals surface area contributed by atoms with E-state index >= 15 is 0 Å². The molecule has 0 bridgehead atoms. The van der Waals surface area contributed by atoms with E-state index in [-0.39, 0.29) is 5.69 Å². The van der Waals surface area contributed by atoms with Gasteiger partial charge in [-0.25, -0.2) is 9.78 Å². The molecule has 0 saturated carbocycles. The topological polar surface area (TPSA) is 55.1 Å². The van der Waals surface area contributed by atoms with Crippen LogP contribution in [0.2, 0.25) is 0 Å². The highest BCUT2D eigenvalue weighted by molar-refractivity contribution is 5.85. The zero-order valence-corrected chi connectivity index (χ0v) is 9.77. The molecule has 1 N–H and O–H groups in total. The van der Waals surface area contributed by atoms with Crippen molar-refractivity contribution in [2.75, 3.05) is 0 Å². The Morgan fingerprint density at radius 2 is 1.84 bits per heavy atom. The summed E-state index contributed by atoms with van der Waals surface area (Å²) in [6, 6.07) is 4.41. The Labute approximate surface area is 106 Å². The van der Waals surface area contributed by atoms with Crippen LogP contribution in [-0.2, 0) is 6.18 Å². The lowest BCUT2D eigenvalue weighted by molar-refractivity contribution is -0.137. The monoisotopic (exact) mass is 270 g/mol. The quantitative estimate of drug-likeness (QED) is 0.912. The third-order valence-corrected chi connectivity index (χ3v) is 2.57.